The number of thiocarbonyl (C=S) groups is 1. The number of rotatable bonds is 6. The number of amides is 2. The van der Waals surface area contributed by atoms with E-state index in [0.717, 1.165) is 16.8 Å². The van der Waals surface area contributed by atoms with Gasteiger partial charge in [-0.15, -0.1) is 0 Å². The van der Waals surface area contributed by atoms with Crippen LogP contribution in [-0.2, 0) is 9.59 Å². The Morgan fingerprint density at radius 2 is 1.86 bits per heavy atom. The van der Waals surface area contributed by atoms with Crippen molar-refractivity contribution in [2.75, 3.05) is 11.9 Å². The predicted molar refractivity (Wildman–Crippen MR) is 120 cm³/mol. The fourth-order valence-corrected chi connectivity index (χ4v) is 4.14. The molecular weight excluding hydrogens is 388 g/mol. The van der Waals surface area contributed by atoms with E-state index in [2.05, 4.69) is 5.32 Å². The van der Waals surface area contributed by atoms with Crippen LogP contribution >= 0.6 is 24.0 Å². The van der Waals surface area contributed by atoms with Gasteiger partial charge in [0.2, 0.25) is 5.91 Å². The van der Waals surface area contributed by atoms with E-state index in [1.165, 1.54) is 17.3 Å². The molecule has 4 nitrogen and oxygen atoms in total. The molecule has 6 heteroatoms. The summed E-state index contributed by atoms with van der Waals surface area (Å²) in [6, 6.07) is 15.7. The first-order valence-corrected chi connectivity index (χ1v) is 10.3. The Morgan fingerprint density at radius 3 is 2.57 bits per heavy atom. The molecule has 2 aromatic rings. The first-order valence-electron chi connectivity index (χ1n) is 9.11. The second kappa shape index (κ2) is 9.17. The van der Waals surface area contributed by atoms with Crippen molar-refractivity contribution in [2.45, 2.75) is 26.7 Å². The number of benzene rings is 2. The predicted octanol–water partition coefficient (Wildman–Crippen LogP) is 4.92. The zero-order valence-corrected chi connectivity index (χ0v) is 17.5. The molecule has 1 heterocycles. The van der Waals surface area contributed by atoms with E-state index in [1.807, 2.05) is 68.5 Å². The molecule has 0 radical (unpaired) electrons. The molecule has 2 amide bonds. The van der Waals surface area contributed by atoms with E-state index in [-0.39, 0.29) is 11.8 Å². The van der Waals surface area contributed by atoms with Gasteiger partial charge < -0.3 is 5.32 Å². The maximum absolute atomic E-state index is 12.6. The Kier molecular flexibility index (Phi) is 6.65. The average Bonchev–Trinajstić information content (AvgIpc) is 2.93. The molecule has 144 valence electrons. The van der Waals surface area contributed by atoms with Crippen LogP contribution < -0.4 is 5.32 Å². The molecular formula is C22H22N2O2S2. The smallest absolute Gasteiger partial charge is 0.266 e. The van der Waals surface area contributed by atoms with Crippen molar-refractivity contribution >= 4 is 51.9 Å². The molecule has 0 aromatic heterocycles. The Morgan fingerprint density at radius 1 is 1.14 bits per heavy atom. The Hall–Kier alpha value is -2.44. The highest BCUT2D eigenvalue weighted by Gasteiger charge is 2.31. The number of carbonyl (C=O) groups is 2. The van der Waals surface area contributed by atoms with Crippen molar-refractivity contribution in [1.82, 2.24) is 4.90 Å². The lowest BCUT2D eigenvalue weighted by Gasteiger charge is -2.14. The minimum absolute atomic E-state index is 0.0602. The number of hydrogen-bond acceptors (Lipinski definition) is 4. The molecule has 0 saturated carbocycles. The monoisotopic (exact) mass is 410 g/mol. The van der Waals surface area contributed by atoms with Crippen LogP contribution in [-0.4, -0.2) is 27.6 Å². The largest absolute Gasteiger partial charge is 0.326 e. The number of nitrogens with zero attached hydrogens (tertiary/aromatic N) is 1. The molecule has 0 aliphatic carbocycles. The molecule has 0 spiro atoms. The molecule has 1 saturated heterocycles. The standard InChI is InChI=1S/C22H22N2O2S2/c1-15-9-11-17(12-10-15)14-19-21(26)24(22(27)28-19)13-5-8-20(25)23-18-7-4-3-6-16(18)2/h3-4,6-7,9-12,14H,5,8,13H2,1-2H3,(H,23,25). The Bertz CT molecular complexity index is 936. The molecule has 1 aliphatic heterocycles. The second-order valence-electron chi connectivity index (χ2n) is 6.71. The number of aryl methyl sites for hydroxylation is 2. The van der Waals surface area contributed by atoms with Gasteiger partial charge in [0.05, 0.1) is 4.91 Å². The lowest BCUT2D eigenvalue weighted by atomic mass is 10.1. The number of hydrogen-bond donors (Lipinski definition) is 1. The van der Waals surface area contributed by atoms with Gasteiger partial charge in [0, 0.05) is 18.7 Å². The van der Waals surface area contributed by atoms with Gasteiger partial charge >= 0.3 is 0 Å². The second-order valence-corrected chi connectivity index (χ2v) is 8.39. The van der Waals surface area contributed by atoms with E-state index < -0.39 is 0 Å². The highest BCUT2D eigenvalue weighted by Crippen LogP contribution is 2.32. The van der Waals surface area contributed by atoms with Crippen LogP contribution in [0.15, 0.2) is 53.4 Å². The van der Waals surface area contributed by atoms with E-state index in [1.54, 1.807) is 4.90 Å². The molecule has 2 aromatic carbocycles. The molecule has 1 aliphatic rings. The summed E-state index contributed by atoms with van der Waals surface area (Å²) in [7, 11) is 0. The van der Waals surface area contributed by atoms with Crippen LogP contribution in [0.3, 0.4) is 0 Å². The molecule has 0 unspecified atom stereocenters. The molecule has 1 fully saturated rings. The maximum atomic E-state index is 12.6. The summed E-state index contributed by atoms with van der Waals surface area (Å²) in [5, 5.41) is 2.91. The normalized spacial score (nSPS) is 15.4. The first-order chi connectivity index (χ1) is 13.4. The molecule has 28 heavy (non-hydrogen) atoms. The molecule has 1 N–H and O–H groups in total. The highest BCUT2D eigenvalue weighted by molar-refractivity contribution is 8.26. The van der Waals surface area contributed by atoms with Gasteiger partial charge in [-0.3, -0.25) is 14.5 Å². The summed E-state index contributed by atoms with van der Waals surface area (Å²) in [6.45, 7) is 4.42. The van der Waals surface area contributed by atoms with E-state index in [4.69, 9.17) is 12.2 Å². The summed E-state index contributed by atoms with van der Waals surface area (Å²) in [5.74, 6) is -0.148. The van der Waals surface area contributed by atoms with Crippen LogP contribution in [0.4, 0.5) is 5.69 Å². The van der Waals surface area contributed by atoms with Gasteiger partial charge in [-0.1, -0.05) is 72.0 Å². The first kappa shape index (κ1) is 20.3. The fraction of sp³-hybridized carbons (Fsp3) is 0.227. The number of para-hydroxylation sites is 1. The van der Waals surface area contributed by atoms with Gasteiger partial charge in [-0.05, 0) is 43.5 Å². The van der Waals surface area contributed by atoms with E-state index in [9.17, 15) is 9.59 Å². The Balaban J connectivity index is 1.54. The molecule has 0 bridgehead atoms. The third kappa shape index (κ3) is 5.09. The van der Waals surface area contributed by atoms with E-state index >= 15 is 0 Å². The average molecular weight is 411 g/mol. The van der Waals surface area contributed by atoms with Gasteiger partial charge in [0.15, 0.2) is 0 Å². The minimum Gasteiger partial charge on any atom is -0.326 e. The van der Waals surface area contributed by atoms with E-state index in [0.29, 0.717) is 28.6 Å². The number of anilines is 1. The number of carbonyl (C=O) groups excluding carboxylic acids is 2. The summed E-state index contributed by atoms with van der Waals surface area (Å²) < 4.78 is 0.544. The van der Waals surface area contributed by atoms with Gasteiger partial charge in [-0.2, -0.15) is 0 Å². The van der Waals surface area contributed by atoms with Crippen molar-refractivity contribution in [3.63, 3.8) is 0 Å². The number of thioether (sulfide) groups is 1. The van der Waals surface area contributed by atoms with Crippen LogP contribution in [0.2, 0.25) is 0 Å². The van der Waals surface area contributed by atoms with Gasteiger partial charge in [0.1, 0.15) is 4.32 Å². The fourth-order valence-electron chi connectivity index (χ4n) is 2.83. The van der Waals surface area contributed by atoms with Crippen LogP contribution in [0.5, 0.6) is 0 Å². The minimum atomic E-state index is -0.0881. The lowest BCUT2D eigenvalue weighted by molar-refractivity contribution is -0.122. The maximum Gasteiger partial charge on any atom is 0.266 e. The highest BCUT2D eigenvalue weighted by atomic mass is 32.2. The third-order valence-electron chi connectivity index (χ3n) is 4.45. The van der Waals surface area contributed by atoms with Gasteiger partial charge in [-0.25, -0.2) is 0 Å². The summed E-state index contributed by atoms with van der Waals surface area (Å²) >= 11 is 6.67. The quantitative estimate of drug-likeness (QED) is 0.542. The molecule has 0 atom stereocenters. The van der Waals surface area contributed by atoms with Crippen LogP contribution in [0.1, 0.15) is 29.5 Å². The zero-order valence-electron chi connectivity index (χ0n) is 15.9. The summed E-state index contributed by atoms with van der Waals surface area (Å²) in [4.78, 5) is 27.0. The zero-order chi connectivity index (χ0) is 20.1. The number of nitrogens with one attached hydrogen (secondary N) is 1. The van der Waals surface area contributed by atoms with Crippen molar-refractivity contribution in [3.05, 3.63) is 70.1 Å². The Labute approximate surface area is 175 Å². The lowest BCUT2D eigenvalue weighted by Crippen LogP contribution is -2.29. The topological polar surface area (TPSA) is 49.4 Å². The van der Waals surface area contributed by atoms with Crippen LogP contribution in [0.25, 0.3) is 6.08 Å². The third-order valence-corrected chi connectivity index (χ3v) is 5.83. The summed E-state index contributed by atoms with van der Waals surface area (Å²) in [5.41, 5.74) is 3.99. The van der Waals surface area contributed by atoms with Crippen molar-refractivity contribution in [3.8, 4) is 0 Å². The SMILES string of the molecule is Cc1ccc(C=C2SC(=S)N(CCCC(=O)Nc3ccccc3C)C2=O)cc1. The summed E-state index contributed by atoms with van der Waals surface area (Å²) in [6.07, 6.45) is 2.76. The van der Waals surface area contributed by atoms with Crippen molar-refractivity contribution in [2.24, 2.45) is 0 Å². The van der Waals surface area contributed by atoms with Crippen molar-refractivity contribution in [1.29, 1.82) is 0 Å². The molecule has 3 rings (SSSR count). The van der Waals surface area contributed by atoms with Gasteiger partial charge in [0.25, 0.3) is 5.91 Å². The van der Waals surface area contributed by atoms with Crippen molar-refractivity contribution < 1.29 is 9.59 Å². The van der Waals surface area contributed by atoms with Crippen LogP contribution in [0, 0.1) is 13.8 Å².